The van der Waals surface area contributed by atoms with E-state index in [0.717, 1.165) is 0 Å². The van der Waals surface area contributed by atoms with E-state index in [1.807, 2.05) is 0 Å². The van der Waals surface area contributed by atoms with Crippen molar-refractivity contribution in [3.05, 3.63) is 121 Å². The summed E-state index contributed by atoms with van der Waals surface area (Å²) in [6.07, 6.45) is 0. The molecule has 0 aromatic heterocycles. The second-order valence-electron chi connectivity index (χ2n) is 10.2. The molecule has 0 heterocycles. The number of hydrogen-bond acceptors (Lipinski definition) is 1. The molecule has 0 N–H and O–H groups in total. The quantitative estimate of drug-likeness (QED) is 0.272. The maximum absolute atomic E-state index is 7.35. The van der Waals surface area contributed by atoms with Gasteiger partial charge < -0.3 is 4.43 Å². The van der Waals surface area contributed by atoms with Gasteiger partial charge in [-0.25, -0.2) is 0 Å². The van der Waals surface area contributed by atoms with Crippen molar-refractivity contribution in [3.63, 3.8) is 0 Å². The molecule has 0 aliphatic carbocycles. The van der Waals surface area contributed by atoms with Crippen LogP contribution < -0.4 is 20.7 Å². The number of benzene rings is 4. The van der Waals surface area contributed by atoms with Crippen LogP contribution in [-0.2, 0) is 4.43 Å². The second kappa shape index (κ2) is 12.9. The van der Waals surface area contributed by atoms with Crippen molar-refractivity contribution in [2.24, 2.45) is 0 Å². The third kappa shape index (κ3) is 7.53. The van der Waals surface area contributed by atoms with Crippen LogP contribution in [0.3, 0.4) is 0 Å². The summed E-state index contributed by atoms with van der Waals surface area (Å²) < 4.78 is 7.35. The summed E-state index contributed by atoms with van der Waals surface area (Å²) in [7, 11) is -4.01. The standard InChI is InChI=1S/C28H29OSi2.3CH3.Sn/c1-28(2,3)29-31(26-20-12-6-13-21-26,27-22-14-7-15-23-27)30(24-16-8-4-9-17-24)25-18-10-5-11-19-25;;;;/h4-23H,1-3H3;3*1H3;. The Bertz CT molecular complexity index is 1050. The van der Waals surface area contributed by atoms with Gasteiger partial charge in [-0.2, -0.15) is 0 Å². The molecule has 0 spiro atoms. The van der Waals surface area contributed by atoms with Gasteiger partial charge in [0.1, 0.15) is 0 Å². The maximum atomic E-state index is 7.35. The fourth-order valence-corrected chi connectivity index (χ4v) is 17.3. The summed E-state index contributed by atoms with van der Waals surface area (Å²) in [5.74, 6) is 0. The average molecular weight is 602 g/mol. The Morgan fingerprint density at radius 1 is 0.543 bits per heavy atom. The molecule has 1 nitrogen and oxygen atoms in total. The fourth-order valence-electron chi connectivity index (χ4n) is 4.21. The second-order valence-corrected chi connectivity index (χ2v) is 27.0. The van der Waals surface area contributed by atoms with Gasteiger partial charge in [0, 0.05) is 5.60 Å². The van der Waals surface area contributed by atoms with Gasteiger partial charge in [0.25, 0.3) is 0 Å². The van der Waals surface area contributed by atoms with Gasteiger partial charge in [0.15, 0.2) is 8.31 Å². The molecule has 0 saturated heterocycles. The topological polar surface area (TPSA) is 9.23 Å². The third-order valence-corrected chi connectivity index (χ3v) is 16.9. The van der Waals surface area contributed by atoms with Gasteiger partial charge in [-0.05, 0) is 31.1 Å². The van der Waals surface area contributed by atoms with Crippen LogP contribution in [-0.4, -0.2) is 41.5 Å². The Morgan fingerprint density at radius 3 is 1.11 bits per heavy atom. The normalized spacial score (nSPS) is 11.8. The van der Waals surface area contributed by atoms with Crippen LogP contribution in [0.1, 0.15) is 20.8 Å². The molecular formula is C31H38OSi2Sn. The zero-order chi connectivity index (χ0) is 25.3. The van der Waals surface area contributed by atoms with Crippen molar-refractivity contribution < 1.29 is 4.43 Å². The van der Waals surface area contributed by atoms with Gasteiger partial charge in [0.05, 0.1) is 0 Å². The summed E-state index contributed by atoms with van der Waals surface area (Å²) in [6, 6.07) is 44.0. The molecule has 0 aliphatic rings. The first-order valence-corrected chi connectivity index (χ1v) is 25.3. The Balaban J connectivity index is 0.000000795. The van der Waals surface area contributed by atoms with E-state index in [-0.39, 0.29) is 5.60 Å². The molecule has 0 fully saturated rings. The molecule has 4 aromatic rings. The van der Waals surface area contributed by atoms with Gasteiger partial charge >= 0.3 is 34.6 Å². The van der Waals surface area contributed by atoms with Crippen LogP contribution in [0.25, 0.3) is 0 Å². The Hall–Kier alpha value is -1.93. The Kier molecular flexibility index (Phi) is 10.2. The zero-order valence-corrected chi connectivity index (χ0v) is 26.8. The summed E-state index contributed by atoms with van der Waals surface area (Å²) in [6.45, 7) is 6.57. The predicted molar refractivity (Wildman–Crippen MR) is 160 cm³/mol. The van der Waals surface area contributed by atoms with E-state index in [2.05, 4.69) is 157 Å². The Morgan fingerprint density at radius 2 is 0.829 bits per heavy atom. The van der Waals surface area contributed by atoms with Gasteiger partial charge in [-0.1, -0.05) is 132 Å². The van der Waals surface area contributed by atoms with Gasteiger partial charge in [-0.3, -0.25) is 0 Å². The van der Waals surface area contributed by atoms with E-state index < -0.39 is 35.9 Å². The van der Waals surface area contributed by atoms with Crippen molar-refractivity contribution in [2.45, 2.75) is 41.2 Å². The number of rotatable bonds is 6. The molecule has 0 atom stereocenters. The molecule has 180 valence electrons. The molecule has 0 unspecified atom stereocenters. The molecule has 35 heavy (non-hydrogen) atoms. The van der Waals surface area contributed by atoms with E-state index in [1.165, 1.54) is 20.7 Å². The van der Waals surface area contributed by atoms with Crippen molar-refractivity contribution in [3.8, 4) is 0 Å². The zero-order valence-electron chi connectivity index (χ0n) is 22.0. The van der Waals surface area contributed by atoms with E-state index in [9.17, 15) is 0 Å². The first-order chi connectivity index (χ1) is 16.7. The Labute approximate surface area is 222 Å². The first kappa shape index (κ1) is 27.7. The summed E-state index contributed by atoms with van der Waals surface area (Å²) in [5, 5.41) is 5.44. The summed E-state index contributed by atoms with van der Waals surface area (Å²) in [4.78, 5) is 7.09. The molecule has 0 aliphatic heterocycles. The molecule has 4 aromatic carbocycles. The van der Waals surface area contributed by atoms with Crippen LogP contribution in [0.5, 0.6) is 0 Å². The monoisotopic (exact) mass is 602 g/mol. The third-order valence-electron chi connectivity index (χ3n) is 5.30. The van der Waals surface area contributed by atoms with Gasteiger partial charge in [-0.15, -0.1) is 0 Å². The molecule has 0 saturated carbocycles. The van der Waals surface area contributed by atoms with Crippen LogP contribution in [0, 0.1) is 0 Å². The van der Waals surface area contributed by atoms with E-state index in [0.29, 0.717) is 0 Å². The van der Waals surface area contributed by atoms with Crippen LogP contribution in [0.2, 0.25) is 14.8 Å². The molecule has 0 bridgehead atoms. The van der Waals surface area contributed by atoms with E-state index in [4.69, 9.17) is 4.43 Å². The average Bonchev–Trinajstić information content (AvgIpc) is 2.85. The van der Waals surface area contributed by atoms with Crippen molar-refractivity contribution >= 4 is 56.7 Å². The summed E-state index contributed by atoms with van der Waals surface area (Å²) in [5.41, 5.74) is -0.280. The molecule has 0 amide bonds. The molecule has 4 heteroatoms. The first-order valence-electron chi connectivity index (χ1n) is 12.3. The molecule has 2 radical (unpaired) electrons. The van der Waals surface area contributed by atoms with E-state index >= 15 is 0 Å². The minimum atomic E-state index is -2.69. The van der Waals surface area contributed by atoms with Crippen molar-refractivity contribution in [2.75, 3.05) is 0 Å². The van der Waals surface area contributed by atoms with Crippen molar-refractivity contribution in [1.82, 2.24) is 0 Å². The van der Waals surface area contributed by atoms with Crippen LogP contribution in [0.15, 0.2) is 121 Å². The fraction of sp³-hybridized carbons (Fsp3) is 0.226. The van der Waals surface area contributed by atoms with Crippen LogP contribution >= 0.6 is 0 Å². The van der Waals surface area contributed by atoms with Crippen LogP contribution in [0.4, 0.5) is 0 Å². The van der Waals surface area contributed by atoms with Crippen molar-refractivity contribution in [1.29, 1.82) is 0 Å². The number of hydrogen-bond donors (Lipinski definition) is 0. The molecule has 4 rings (SSSR count). The van der Waals surface area contributed by atoms with E-state index in [1.54, 1.807) is 0 Å². The SMILES string of the molecule is CC(C)(C)O[Si](c1ccccc1)(c1ccccc1)[Si](c1ccccc1)c1ccccc1.[CH3][Sn]([CH3])[CH3]. The predicted octanol–water partition coefficient (Wildman–Crippen LogP) is 5.32. The minimum absolute atomic E-state index is 0.280. The van der Waals surface area contributed by atoms with Gasteiger partial charge in [0.2, 0.25) is 7.83 Å². The molecular weight excluding hydrogens is 563 g/mol. The summed E-state index contributed by atoms with van der Waals surface area (Å²) >= 11 is -0.543.